The van der Waals surface area contributed by atoms with Gasteiger partial charge in [0.1, 0.15) is 0 Å². The van der Waals surface area contributed by atoms with E-state index in [1.807, 2.05) is 62.4 Å². The number of para-hydroxylation sites is 1. The fraction of sp³-hybridized carbons (Fsp3) is 0.0870. The van der Waals surface area contributed by atoms with Gasteiger partial charge in [-0.15, -0.1) is 5.10 Å². The predicted octanol–water partition coefficient (Wildman–Crippen LogP) is 5.46. The Morgan fingerprint density at radius 1 is 0.931 bits per heavy atom. The summed E-state index contributed by atoms with van der Waals surface area (Å²) in [7, 11) is 0. The molecule has 1 amide bonds. The molecule has 1 aromatic heterocycles. The lowest BCUT2D eigenvalue weighted by atomic mass is 10.1. The minimum atomic E-state index is -0.381. The molecule has 5 nitrogen and oxygen atoms in total. The third-order valence-corrected chi connectivity index (χ3v) is 4.82. The molecule has 4 aromatic rings. The predicted molar refractivity (Wildman–Crippen MR) is 116 cm³/mol. The molecule has 6 heteroatoms. The summed E-state index contributed by atoms with van der Waals surface area (Å²) in [5.74, 6) is 0.326. The van der Waals surface area contributed by atoms with Crippen molar-refractivity contribution < 1.29 is 4.79 Å². The van der Waals surface area contributed by atoms with Gasteiger partial charge in [0.2, 0.25) is 5.82 Å². The highest BCUT2D eigenvalue weighted by atomic mass is 35.5. The second kappa shape index (κ2) is 7.89. The molecule has 144 valence electrons. The molecule has 0 spiro atoms. The van der Waals surface area contributed by atoms with E-state index in [9.17, 15) is 4.79 Å². The Balaban J connectivity index is 1.76. The number of benzene rings is 3. The first-order valence-electron chi connectivity index (χ1n) is 9.18. The van der Waals surface area contributed by atoms with Crippen LogP contribution in [0.5, 0.6) is 0 Å². The van der Waals surface area contributed by atoms with E-state index in [4.69, 9.17) is 11.6 Å². The minimum Gasteiger partial charge on any atom is -0.319 e. The van der Waals surface area contributed by atoms with Crippen molar-refractivity contribution in [1.82, 2.24) is 14.8 Å². The number of nitrogens with zero attached hydrogens (tertiary/aromatic N) is 3. The summed E-state index contributed by atoms with van der Waals surface area (Å²) < 4.78 is 1.72. The minimum absolute atomic E-state index is 0.0961. The lowest BCUT2D eigenvalue weighted by molar-refractivity contribution is 0.101. The molecule has 0 unspecified atom stereocenters. The molecule has 0 aliphatic rings. The molecule has 29 heavy (non-hydrogen) atoms. The molecule has 0 atom stereocenters. The van der Waals surface area contributed by atoms with Crippen LogP contribution in [0.15, 0.2) is 72.8 Å². The Labute approximate surface area is 174 Å². The molecule has 0 saturated carbocycles. The van der Waals surface area contributed by atoms with Crippen LogP contribution in [0.4, 0.5) is 5.69 Å². The van der Waals surface area contributed by atoms with Crippen LogP contribution in [0.1, 0.15) is 21.7 Å². The van der Waals surface area contributed by atoms with E-state index in [0.717, 1.165) is 22.4 Å². The fourth-order valence-electron chi connectivity index (χ4n) is 2.99. The zero-order valence-corrected chi connectivity index (χ0v) is 16.8. The Morgan fingerprint density at radius 2 is 1.62 bits per heavy atom. The Kier molecular flexibility index (Phi) is 5.14. The van der Waals surface area contributed by atoms with Gasteiger partial charge < -0.3 is 5.32 Å². The zero-order chi connectivity index (χ0) is 20.4. The number of aromatic nitrogens is 3. The number of nitrogens with one attached hydrogen (secondary N) is 1. The van der Waals surface area contributed by atoms with E-state index in [0.29, 0.717) is 16.5 Å². The highest BCUT2D eigenvalue weighted by Crippen LogP contribution is 2.24. The van der Waals surface area contributed by atoms with Crippen LogP contribution in [-0.4, -0.2) is 20.7 Å². The van der Waals surface area contributed by atoms with Gasteiger partial charge in [0, 0.05) is 16.3 Å². The summed E-state index contributed by atoms with van der Waals surface area (Å²) in [5, 5.41) is 7.94. The number of rotatable bonds is 4. The van der Waals surface area contributed by atoms with Gasteiger partial charge in [-0.1, -0.05) is 59.6 Å². The van der Waals surface area contributed by atoms with E-state index >= 15 is 0 Å². The van der Waals surface area contributed by atoms with Crippen molar-refractivity contribution in [2.45, 2.75) is 13.8 Å². The lowest BCUT2D eigenvalue weighted by Crippen LogP contribution is -2.14. The molecule has 0 aliphatic carbocycles. The molecule has 1 heterocycles. The van der Waals surface area contributed by atoms with E-state index in [1.165, 1.54) is 0 Å². The molecular weight excluding hydrogens is 384 g/mol. The number of hydrogen-bond acceptors (Lipinski definition) is 3. The fourth-order valence-corrected chi connectivity index (χ4v) is 3.11. The van der Waals surface area contributed by atoms with Crippen molar-refractivity contribution in [3.63, 3.8) is 0 Å². The van der Waals surface area contributed by atoms with Crippen LogP contribution < -0.4 is 5.32 Å². The molecule has 4 rings (SSSR count). The van der Waals surface area contributed by atoms with Gasteiger partial charge in [0.25, 0.3) is 5.91 Å². The summed E-state index contributed by atoms with van der Waals surface area (Å²) in [5.41, 5.74) is 4.58. The number of carbonyl (C=O) groups excluding carboxylic acids is 1. The molecule has 0 bridgehead atoms. The molecule has 0 fully saturated rings. The highest BCUT2D eigenvalue weighted by Gasteiger charge is 2.19. The molecule has 3 aromatic carbocycles. The van der Waals surface area contributed by atoms with Gasteiger partial charge in [-0.05, 0) is 49.7 Å². The molecule has 0 radical (unpaired) electrons. The standard InChI is InChI=1S/C23H19ClN4O/c1-15-7-9-17(10-8-15)22-26-21(23(29)25-19-13-11-18(24)12-14-19)27-28(22)20-6-4-3-5-16(20)2/h3-14H,1-2H3,(H,25,29). The summed E-state index contributed by atoms with van der Waals surface area (Å²) in [4.78, 5) is 17.3. The second-order valence-electron chi connectivity index (χ2n) is 6.78. The lowest BCUT2D eigenvalue weighted by Gasteiger charge is -2.08. The number of carbonyl (C=O) groups is 1. The summed E-state index contributed by atoms with van der Waals surface area (Å²) in [6.07, 6.45) is 0. The molecule has 0 aliphatic heterocycles. The van der Waals surface area contributed by atoms with Crippen molar-refractivity contribution in [2.75, 3.05) is 5.32 Å². The van der Waals surface area contributed by atoms with E-state index in [2.05, 4.69) is 15.4 Å². The molecular formula is C23H19ClN4O. The highest BCUT2D eigenvalue weighted by molar-refractivity contribution is 6.30. The van der Waals surface area contributed by atoms with Crippen LogP contribution in [-0.2, 0) is 0 Å². The van der Waals surface area contributed by atoms with Crippen LogP contribution in [0.25, 0.3) is 17.1 Å². The average molecular weight is 403 g/mol. The van der Waals surface area contributed by atoms with Crippen molar-refractivity contribution in [3.8, 4) is 17.1 Å². The van der Waals surface area contributed by atoms with Crippen molar-refractivity contribution in [3.05, 3.63) is 94.8 Å². The summed E-state index contributed by atoms with van der Waals surface area (Å²) in [6.45, 7) is 4.03. The maximum atomic E-state index is 12.8. The first kappa shape index (κ1) is 18.9. The van der Waals surface area contributed by atoms with Gasteiger partial charge in [-0.25, -0.2) is 9.67 Å². The third-order valence-electron chi connectivity index (χ3n) is 4.57. The number of anilines is 1. The third kappa shape index (κ3) is 4.05. The SMILES string of the molecule is Cc1ccc(-c2nc(C(=O)Nc3ccc(Cl)cc3)nn2-c2ccccc2C)cc1. The Hall–Kier alpha value is -3.44. The summed E-state index contributed by atoms with van der Waals surface area (Å²) >= 11 is 5.91. The first-order chi connectivity index (χ1) is 14.0. The maximum Gasteiger partial charge on any atom is 0.295 e. The van der Waals surface area contributed by atoms with Crippen molar-refractivity contribution in [2.24, 2.45) is 0 Å². The Bertz CT molecular complexity index is 1160. The van der Waals surface area contributed by atoms with Crippen molar-refractivity contribution >= 4 is 23.2 Å². The van der Waals surface area contributed by atoms with Crippen LogP contribution >= 0.6 is 11.6 Å². The molecule has 1 N–H and O–H groups in total. The van der Waals surface area contributed by atoms with E-state index in [-0.39, 0.29) is 11.7 Å². The number of aryl methyl sites for hydroxylation is 2. The van der Waals surface area contributed by atoms with Crippen molar-refractivity contribution in [1.29, 1.82) is 0 Å². The van der Waals surface area contributed by atoms with Gasteiger partial charge in [-0.2, -0.15) is 0 Å². The number of amides is 1. The second-order valence-corrected chi connectivity index (χ2v) is 7.22. The van der Waals surface area contributed by atoms with Gasteiger partial charge in [0.05, 0.1) is 5.69 Å². The smallest absolute Gasteiger partial charge is 0.295 e. The average Bonchev–Trinajstić information content (AvgIpc) is 3.16. The molecule has 0 saturated heterocycles. The summed E-state index contributed by atoms with van der Waals surface area (Å²) in [6, 6.07) is 22.8. The van der Waals surface area contributed by atoms with Gasteiger partial charge in [0.15, 0.2) is 5.82 Å². The van der Waals surface area contributed by atoms with Crippen LogP contribution in [0.2, 0.25) is 5.02 Å². The monoisotopic (exact) mass is 402 g/mol. The zero-order valence-electron chi connectivity index (χ0n) is 16.1. The van der Waals surface area contributed by atoms with Gasteiger partial charge >= 0.3 is 0 Å². The van der Waals surface area contributed by atoms with Crippen LogP contribution in [0, 0.1) is 13.8 Å². The van der Waals surface area contributed by atoms with Gasteiger partial charge in [-0.3, -0.25) is 4.79 Å². The van der Waals surface area contributed by atoms with E-state index in [1.54, 1.807) is 28.9 Å². The maximum absolute atomic E-state index is 12.8. The normalized spacial score (nSPS) is 10.7. The quantitative estimate of drug-likeness (QED) is 0.493. The number of halogens is 1. The topological polar surface area (TPSA) is 59.8 Å². The van der Waals surface area contributed by atoms with Crippen LogP contribution in [0.3, 0.4) is 0 Å². The van der Waals surface area contributed by atoms with E-state index < -0.39 is 0 Å². The first-order valence-corrected chi connectivity index (χ1v) is 9.56. The number of hydrogen-bond donors (Lipinski definition) is 1. The Morgan fingerprint density at radius 3 is 2.31 bits per heavy atom. The largest absolute Gasteiger partial charge is 0.319 e.